The van der Waals surface area contributed by atoms with Gasteiger partial charge in [0.15, 0.2) is 11.6 Å². The number of anilines is 5. The Bertz CT molecular complexity index is 964. The molecule has 10 heteroatoms. The van der Waals surface area contributed by atoms with Gasteiger partial charge >= 0.3 is 6.18 Å². The molecule has 4 N–H and O–H groups in total. The highest BCUT2D eigenvalue weighted by atomic mass is 79.9. The summed E-state index contributed by atoms with van der Waals surface area (Å²) in [5.41, 5.74) is 6.14. The first-order chi connectivity index (χ1) is 12.7. The number of nitrogens with zero attached hydrogens (tertiary/aromatic N) is 2. The summed E-state index contributed by atoms with van der Waals surface area (Å²) in [5.74, 6) is 0.486. The summed E-state index contributed by atoms with van der Waals surface area (Å²) in [7, 11) is 0. The SMILES string of the molecule is Nc1c(Nc2ccc(Br)cc2)ncnc1Nc1ccc(Cl)c(C(F)(F)F)c1. The molecule has 0 atom stereocenters. The fourth-order valence-corrected chi connectivity index (χ4v) is 2.71. The van der Waals surface area contributed by atoms with Crippen LogP contribution >= 0.6 is 27.5 Å². The number of nitrogens with two attached hydrogens (primary N) is 1. The molecule has 0 unspecified atom stereocenters. The van der Waals surface area contributed by atoms with Crippen molar-refractivity contribution < 1.29 is 13.2 Å². The van der Waals surface area contributed by atoms with Gasteiger partial charge < -0.3 is 16.4 Å². The third kappa shape index (κ3) is 4.61. The second-order valence-corrected chi connectivity index (χ2v) is 6.76. The van der Waals surface area contributed by atoms with Gasteiger partial charge in [-0.1, -0.05) is 27.5 Å². The lowest BCUT2D eigenvalue weighted by Crippen LogP contribution is -2.08. The van der Waals surface area contributed by atoms with Crippen molar-refractivity contribution in [2.24, 2.45) is 0 Å². The minimum absolute atomic E-state index is 0.145. The fourth-order valence-electron chi connectivity index (χ4n) is 2.22. The van der Waals surface area contributed by atoms with E-state index in [-0.39, 0.29) is 22.2 Å². The van der Waals surface area contributed by atoms with Crippen molar-refractivity contribution >= 4 is 56.2 Å². The molecular weight excluding hydrogens is 447 g/mol. The Morgan fingerprint density at radius 1 is 0.926 bits per heavy atom. The van der Waals surface area contributed by atoms with Gasteiger partial charge in [-0.2, -0.15) is 13.2 Å². The van der Waals surface area contributed by atoms with Crippen molar-refractivity contribution in [2.75, 3.05) is 16.4 Å². The third-order valence-electron chi connectivity index (χ3n) is 3.53. The Morgan fingerprint density at radius 2 is 1.48 bits per heavy atom. The van der Waals surface area contributed by atoms with E-state index < -0.39 is 11.7 Å². The van der Waals surface area contributed by atoms with Gasteiger partial charge in [0.1, 0.15) is 12.0 Å². The van der Waals surface area contributed by atoms with Gasteiger partial charge in [-0.3, -0.25) is 0 Å². The molecule has 0 radical (unpaired) electrons. The van der Waals surface area contributed by atoms with E-state index in [0.717, 1.165) is 22.3 Å². The summed E-state index contributed by atoms with van der Waals surface area (Å²) in [6.45, 7) is 0. The first-order valence-corrected chi connectivity index (χ1v) is 8.68. The van der Waals surface area contributed by atoms with E-state index in [0.29, 0.717) is 5.82 Å². The molecule has 0 saturated carbocycles. The van der Waals surface area contributed by atoms with Crippen molar-refractivity contribution in [1.82, 2.24) is 9.97 Å². The van der Waals surface area contributed by atoms with Crippen LogP contribution in [0.5, 0.6) is 0 Å². The van der Waals surface area contributed by atoms with E-state index in [4.69, 9.17) is 17.3 Å². The quantitative estimate of drug-likeness (QED) is 0.448. The molecular formula is C17H12BrClF3N5. The summed E-state index contributed by atoms with van der Waals surface area (Å²) in [6.07, 6.45) is -3.32. The van der Waals surface area contributed by atoms with Crippen LogP contribution in [0.25, 0.3) is 0 Å². The minimum atomic E-state index is -4.57. The first kappa shape index (κ1) is 19.2. The molecule has 0 fully saturated rings. The third-order valence-corrected chi connectivity index (χ3v) is 4.38. The maximum atomic E-state index is 13.0. The zero-order chi connectivity index (χ0) is 19.6. The molecule has 0 spiro atoms. The Balaban J connectivity index is 1.87. The first-order valence-electron chi connectivity index (χ1n) is 7.51. The van der Waals surface area contributed by atoms with E-state index in [9.17, 15) is 13.2 Å². The molecule has 1 aromatic heterocycles. The van der Waals surface area contributed by atoms with Crippen LogP contribution in [0.4, 0.5) is 41.9 Å². The summed E-state index contributed by atoms with van der Waals surface area (Å²) in [5, 5.41) is 5.41. The molecule has 0 aliphatic heterocycles. The largest absolute Gasteiger partial charge is 0.417 e. The average molecular weight is 459 g/mol. The number of rotatable bonds is 4. The smallest absolute Gasteiger partial charge is 0.393 e. The molecule has 1 heterocycles. The van der Waals surface area contributed by atoms with E-state index in [1.807, 2.05) is 24.3 Å². The number of benzene rings is 2. The molecule has 3 aromatic rings. The number of nitrogen functional groups attached to an aromatic ring is 1. The van der Waals surface area contributed by atoms with Gasteiger partial charge in [0.05, 0.1) is 10.6 Å². The number of hydrogen-bond acceptors (Lipinski definition) is 5. The molecule has 0 amide bonds. The van der Waals surface area contributed by atoms with Crippen LogP contribution in [-0.4, -0.2) is 9.97 Å². The Morgan fingerprint density at radius 3 is 2.07 bits per heavy atom. The fraction of sp³-hybridized carbons (Fsp3) is 0.0588. The molecule has 2 aromatic carbocycles. The van der Waals surface area contributed by atoms with Gasteiger partial charge in [-0.05, 0) is 42.5 Å². The van der Waals surface area contributed by atoms with Crippen molar-refractivity contribution in [3.8, 4) is 0 Å². The second-order valence-electron chi connectivity index (χ2n) is 5.43. The van der Waals surface area contributed by atoms with Crippen LogP contribution in [0.15, 0.2) is 53.3 Å². The van der Waals surface area contributed by atoms with Crippen LogP contribution in [0.2, 0.25) is 5.02 Å². The van der Waals surface area contributed by atoms with Crippen molar-refractivity contribution in [3.05, 3.63) is 63.9 Å². The molecule has 140 valence electrons. The van der Waals surface area contributed by atoms with Gasteiger partial charge in [-0.25, -0.2) is 9.97 Å². The zero-order valence-corrected chi connectivity index (χ0v) is 15.8. The van der Waals surface area contributed by atoms with Gasteiger partial charge in [-0.15, -0.1) is 0 Å². The molecule has 0 aliphatic carbocycles. The predicted molar refractivity (Wildman–Crippen MR) is 104 cm³/mol. The summed E-state index contributed by atoms with van der Waals surface area (Å²) < 4.78 is 39.9. The Kier molecular flexibility index (Phi) is 5.43. The lowest BCUT2D eigenvalue weighted by Gasteiger charge is -2.14. The highest BCUT2D eigenvalue weighted by Gasteiger charge is 2.33. The van der Waals surface area contributed by atoms with Crippen molar-refractivity contribution in [1.29, 1.82) is 0 Å². The molecule has 0 bridgehead atoms. The van der Waals surface area contributed by atoms with Crippen molar-refractivity contribution in [2.45, 2.75) is 6.18 Å². The summed E-state index contributed by atoms with van der Waals surface area (Å²) in [6, 6.07) is 10.8. The molecule has 5 nitrogen and oxygen atoms in total. The zero-order valence-electron chi connectivity index (χ0n) is 13.5. The van der Waals surface area contributed by atoms with Gasteiger partial charge in [0.2, 0.25) is 0 Å². The number of hydrogen-bond donors (Lipinski definition) is 3. The molecule has 3 rings (SSSR count). The maximum Gasteiger partial charge on any atom is 0.417 e. The standard InChI is InChI=1S/C17H12BrClF3N5/c18-9-1-3-10(4-2-9)26-15-14(23)16(25-8-24-15)27-11-5-6-13(19)12(7-11)17(20,21)22/h1-8H,23H2,(H2,24,25,26,27). The van der Waals surface area contributed by atoms with Crippen LogP contribution < -0.4 is 16.4 Å². The molecule has 0 aliphatic rings. The number of nitrogens with one attached hydrogen (secondary N) is 2. The topological polar surface area (TPSA) is 75.9 Å². The van der Waals surface area contributed by atoms with E-state index in [1.54, 1.807) is 0 Å². The van der Waals surface area contributed by atoms with Crippen LogP contribution in [0, 0.1) is 0 Å². The van der Waals surface area contributed by atoms with Gasteiger partial charge in [0.25, 0.3) is 0 Å². The van der Waals surface area contributed by atoms with Crippen LogP contribution in [0.1, 0.15) is 5.56 Å². The highest BCUT2D eigenvalue weighted by Crippen LogP contribution is 2.37. The highest BCUT2D eigenvalue weighted by molar-refractivity contribution is 9.10. The molecule has 0 saturated heterocycles. The molecule has 27 heavy (non-hydrogen) atoms. The van der Waals surface area contributed by atoms with Crippen LogP contribution in [-0.2, 0) is 6.18 Å². The lowest BCUT2D eigenvalue weighted by atomic mass is 10.2. The minimum Gasteiger partial charge on any atom is -0.393 e. The maximum absolute atomic E-state index is 13.0. The van der Waals surface area contributed by atoms with E-state index in [1.165, 1.54) is 12.4 Å². The predicted octanol–water partition coefficient (Wildman–Crippen LogP) is 5.98. The summed E-state index contributed by atoms with van der Waals surface area (Å²) in [4.78, 5) is 8.06. The Hall–Kier alpha value is -2.52. The average Bonchev–Trinajstić information content (AvgIpc) is 2.61. The van der Waals surface area contributed by atoms with Crippen LogP contribution in [0.3, 0.4) is 0 Å². The second kappa shape index (κ2) is 7.61. The lowest BCUT2D eigenvalue weighted by molar-refractivity contribution is -0.137. The van der Waals surface area contributed by atoms with E-state index >= 15 is 0 Å². The number of alkyl halides is 3. The monoisotopic (exact) mass is 457 g/mol. The number of aromatic nitrogens is 2. The Labute approximate surface area is 165 Å². The normalized spacial score (nSPS) is 11.3. The van der Waals surface area contributed by atoms with E-state index in [2.05, 4.69) is 36.5 Å². The van der Waals surface area contributed by atoms with Gasteiger partial charge in [0, 0.05) is 15.8 Å². The summed E-state index contributed by atoms with van der Waals surface area (Å²) >= 11 is 8.97. The van der Waals surface area contributed by atoms with Crippen molar-refractivity contribution in [3.63, 3.8) is 0 Å². The number of halogens is 5.